The second kappa shape index (κ2) is 6.58. The van der Waals surface area contributed by atoms with Crippen LogP contribution in [0.25, 0.3) is 0 Å². The Morgan fingerprint density at radius 3 is 2.81 bits per heavy atom. The summed E-state index contributed by atoms with van der Waals surface area (Å²) in [6, 6.07) is 11.6. The summed E-state index contributed by atoms with van der Waals surface area (Å²) in [7, 11) is 0. The second-order valence-electron chi connectivity index (χ2n) is 5.18. The molecule has 1 heterocycles. The maximum Gasteiger partial charge on any atom is 0.238 e. The number of halogens is 1. The molecule has 0 radical (unpaired) electrons. The Balaban J connectivity index is 1.64. The number of nitrogens with zero attached hydrogens (tertiary/aromatic N) is 1. The van der Waals surface area contributed by atoms with Crippen LogP contribution in [0.2, 0.25) is 5.02 Å². The van der Waals surface area contributed by atoms with Crippen LogP contribution in [0.1, 0.15) is 18.4 Å². The Kier molecular flexibility index (Phi) is 4.56. The van der Waals surface area contributed by atoms with E-state index in [2.05, 4.69) is 4.98 Å². The SMILES string of the molecule is Nc1ccc(SCc2ccccc2Cl)nc1OCC1CC1. The van der Waals surface area contributed by atoms with Crippen molar-refractivity contribution in [3.05, 3.63) is 47.0 Å². The fraction of sp³-hybridized carbons (Fsp3) is 0.312. The van der Waals surface area contributed by atoms with E-state index in [-0.39, 0.29) is 0 Å². The normalized spacial score (nSPS) is 14.1. The number of hydrogen-bond donors (Lipinski definition) is 1. The second-order valence-corrected chi connectivity index (χ2v) is 6.58. The van der Waals surface area contributed by atoms with Gasteiger partial charge in [0.1, 0.15) is 5.03 Å². The first-order valence-electron chi connectivity index (χ1n) is 6.98. The maximum atomic E-state index is 6.16. The van der Waals surface area contributed by atoms with Crippen LogP contribution in [-0.4, -0.2) is 11.6 Å². The maximum absolute atomic E-state index is 6.16. The van der Waals surface area contributed by atoms with E-state index < -0.39 is 0 Å². The number of aromatic nitrogens is 1. The van der Waals surface area contributed by atoms with E-state index in [1.807, 2.05) is 36.4 Å². The van der Waals surface area contributed by atoms with Crippen molar-refractivity contribution in [3.63, 3.8) is 0 Å². The number of hydrogen-bond acceptors (Lipinski definition) is 4. The Hall–Kier alpha value is -1.39. The third-order valence-corrected chi connectivity index (χ3v) is 4.70. The van der Waals surface area contributed by atoms with Gasteiger partial charge in [0.25, 0.3) is 0 Å². The van der Waals surface area contributed by atoms with Crippen molar-refractivity contribution in [2.45, 2.75) is 23.6 Å². The van der Waals surface area contributed by atoms with Gasteiger partial charge in [0.2, 0.25) is 5.88 Å². The highest BCUT2D eigenvalue weighted by atomic mass is 35.5. The van der Waals surface area contributed by atoms with Gasteiger partial charge in [0.15, 0.2) is 0 Å². The van der Waals surface area contributed by atoms with E-state index >= 15 is 0 Å². The van der Waals surface area contributed by atoms with Crippen molar-refractivity contribution in [2.24, 2.45) is 5.92 Å². The van der Waals surface area contributed by atoms with Crippen LogP contribution in [0, 0.1) is 5.92 Å². The third kappa shape index (κ3) is 4.05. The van der Waals surface area contributed by atoms with E-state index in [4.69, 9.17) is 22.1 Å². The van der Waals surface area contributed by atoms with Crippen molar-refractivity contribution >= 4 is 29.1 Å². The molecule has 0 unspecified atom stereocenters. The van der Waals surface area contributed by atoms with Crippen LogP contribution in [0.3, 0.4) is 0 Å². The highest BCUT2D eigenvalue weighted by Crippen LogP contribution is 2.32. The Bertz CT molecular complexity index is 631. The van der Waals surface area contributed by atoms with Crippen LogP contribution in [-0.2, 0) is 5.75 Å². The first kappa shape index (κ1) is 14.5. The number of nitrogen functional groups attached to an aromatic ring is 1. The van der Waals surface area contributed by atoms with E-state index in [1.54, 1.807) is 11.8 Å². The van der Waals surface area contributed by atoms with Gasteiger partial charge in [-0.25, -0.2) is 4.98 Å². The molecule has 1 aliphatic carbocycles. The van der Waals surface area contributed by atoms with Crippen molar-refractivity contribution in [3.8, 4) is 5.88 Å². The molecule has 0 amide bonds. The molecular formula is C16H17ClN2OS. The lowest BCUT2D eigenvalue weighted by Gasteiger charge is -2.09. The molecule has 3 rings (SSSR count). The molecule has 1 saturated carbocycles. The summed E-state index contributed by atoms with van der Waals surface area (Å²) < 4.78 is 5.70. The monoisotopic (exact) mass is 320 g/mol. The van der Waals surface area contributed by atoms with Gasteiger partial charge >= 0.3 is 0 Å². The van der Waals surface area contributed by atoms with Gasteiger partial charge in [0, 0.05) is 10.8 Å². The molecule has 0 spiro atoms. The lowest BCUT2D eigenvalue weighted by atomic mass is 10.2. The quantitative estimate of drug-likeness (QED) is 0.801. The number of nitrogens with two attached hydrogens (primary N) is 1. The van der Waals surface area contributed by atoms with Gasteiger partial charge in [-0.15, -0.1) is 11.8 Å². The van der Waals surface area contributed by atoms with Crippen LogP contribution in [0.4, 0.5) is 5.69 Å². The van der Waals surface area contributed by atoms with E-state index in [9.17, 15) is 0 Å². The molecule has 110 valence electrons. The summed E-state index contributed by atoms with van der Waals surface area (Å²) >= 11 is 7.79. The summed E-state index contributed by atoms with van der Waals surface area (Å²) in [5.74, 6) is 2.01. The Morgan fingerprint density at radius 2 is 2.05 bits per heavy atom. The molecular weight excluding hydrogens is 304 g/mol. The minimum absolute atomic E-state index is 0.547. The fourth-order valence-electron chi connectivity index (χ4n) is 1.88. The number of thioether (sulfide) groups is 1. The van der Waals surface area contributed by atoms with Crippen LogP contribution in [0.5, 0.6) is 5.88 Å². The third-order valence-electron chi connectivity index (χ3n) is 3.35. The zero-order valence-corrected chi connectivity index (χ0v) is 13.2. The minimum atomic E-state index is 0.547. The molecule has 3 nitrogen and oxygen atoms in total. The average molecular weight is 321 g/mol. The number of rotatable bonds is 6. The molecule has 5 heteroatoms. The first-order chi connectivity index (χ1) is 10.2. The Labute approximate surface area is 133 Å². The van der Waals surface area contributed by atoms with Gasteiger partial charge < -0.3 is 10.5 Å². The first-order valence-corrected chi connectivity index (χ1v) is 8.34. The lowest BCUT2D eigenvalue weighted by molar-refractivity contribution is 0.288. The summed E-state index contributed by atoms with van der Waals surface area (Å²) in [4.78, 5) is 4.49. The molecule has 0 bridgehead atoms. The molecule has 1 aliphatic rings. The van der Waals surface area contributed by atoms with Gasteiger partial charge in [-0.3, -0.25) is 0 Å². The van der Waals surface area contributed by atoms with Crippen molar-refractivity contribution in [2.75, 3.05) is 12.3 Å². The summed E-state index contributed by atoms with van der Waals surface area (Å²) in [5, 5.41) is 1.68. The summed E-state index contributed by atoms with van der Waals surface area (Å²) in [5.41, 5.74) is 7.60. The van der Waals surface area contributed by atoms with Crippen LogP contribution in [0.15, 0.2) is 41.4 Å². The highest BCUT2D eigenvalue weighted by molar-refractivity contribution is 7.98. The van der Waals surface area contributed by atoms with Gasteiger partial charge in [-0.2, -0.15) is 0 Å². The standard InChI is InChI=1S/C16H17ClN2OS/c17-13-4-2-1-3-12(13)10-21-15-8-7-14(18)16(19-15)20-9-11-5-6-11/h1-4,7-8,11H,5-6,9-10,18H2. The largest absolute Gasteiger partial charge is 0.476 e. The molecule has 1 aromatic carbocycles. The van der Waals surface area contributed by atoms with Gasteiger partial charge in [-0.05, 0) is 42.5 Å². The van der Waals surface area contributed by atoms with E-state index in [0.717, 1.165) is 28.0 Å². The fourth-order valence-corrected chi connectivity index (χ4v) is 3.03. The summed E-state index contributed by atoms with van der Waals surface area (Å²) in [6.45, 7) is 0.718. The molecule has 0 aliphatic heterocycles. The molecule has 21 heavy (non-hydrogen) atoms. The number of pyridine rings is 1. The molecule has 1 fully saturated rings. The predicted octanol–water partition coefficient (Wildman–Crippen LogP) is 4.40. The van der Waals surface area contributed by atoms with E-state index in [1.165, 1.54) is 12.8 Å². The average Bonchev–Trinajstić information content (AvgIpc) is 3.31. The van der Waals surface area contributed by atoms with Crippen LogP contribution >= 0.6 is 23.4 Å². The van der Waals surface area contributed by atoms with E-state index in [0.29, 0.717) is 17.5 Å². The van der Waals surface area contributed by atoms with Crippen molar-refractivity contribution < 1.29 is 4.74 Å². The minimum Gasteiger partial charge on any atom is -0.476 e. The zero-order chi connectivity index (χ0) is 14.7. The molecule has 0 atom stereocenters. The molecule has 0 saturated heterocycles. The molecule has 2 N–H and O–H groups in total. The van der Waals surface area contributed by atoms with Crippen molar-refractivity contribution in [1.29, 1.82) is 0 Å². The number of benzene rings is 1. The van der Waals surface area contributed by atoms with Crippen LogP contribution < -0.4 is 10.5 Å². The predicted molar refractivity (Wildman–Crippen MR) is 87.9 cm³/mol. The molecule has 1 aromatic heterocycles. The highest BCUT2D eigenvalue weighted by Gasteiger charge is 2.22. The van der Waals surface area contributed by atoms with Gasteiger partial charge in [-0.1, -0.05) is 29.8 Å². The molecule has 2 aromatic rings. The summed E-state index contributed by atoms with van der Waals surface area (Å²) in [6.07, 6.45) is 2.50. The Morgan fingerprint density at radius 1 is 1.24 bits per heavy atom. The topological polar surface area (TPSA) is 48.1 Å². The van der Waals surface area contributed by atoms with Gasteiger partial charge in [0.05, 0.1) is 12.3 Å². The number of anilines is 1. The smallest absolute Gasteiger partial charge is 0.238 e. The lowest BCUT2D eigenvalue weighted by Crippen LogP contribution is -2.04. The zero-order valence-electron chi connectivity index (χ0n) is 11.6. The number of ether oxygens (including phenoxy) is 1. The van der Waals surface area contributed by atoms with Crippen molar-refractivity contribution in [1.82, 2.24) is 4.98 Å².